The molecule has 0 aromatic heterocycles. The number of carbonyl (C=O) groups is 3. The lowest BCUT2D eigenvalue weighted by atomic mass is 10.2. The van der Waals surface area contributed by atoms with Gasteiger partial charge >= 0.3 is 11.8 Å². The van der Waals surface area contributed by atoms with E-state index < -0.39 is 17.7 Å². The van der Waals surface area contributed by atoms with Crippen molar-refractivity contribution in [1.82, 2.24) is 4.90 Å². The summed E-state index contributed by atoms with van der Waals surface area (Å²) in [5, 5.41) is 2.49. The number of benzene rings is 2. The maximum atomic E-state index is 12.1. The number of carbonyl (C=O) groups excluding carboxylic acids is 3. The lowest BCUT2D eigenvalue weighted by Crippen LogP contribution is -2.36. The Labute approximate surface area is 133 Å². The van der Waals surface area contributed by atoms with Crippen LogP contribution in [0.4, 0.5) is 5.69 Å². The van der Waals surface area contributed by atoms with E-state index in [1.54, 1.807) is 7.05 Å². The average molecular weight is 311 g/mol. The van der Waals surface area contributed by atoms with E-state index in [1.165, 1.54) is 29.2 Å². The van der Waals surface area contributed by atoms with Crippen LogP contribution in [-0.4, -0.2) is 29.7 Å². The Morgan fingerprint density at radius 2 is 1.61 bits per heavy atom. The summed E-state index contributed by atoms with van der Waals surface area (Å²) in [4.78, 5) is 36.4. The summed E-state index contributed by atoms with van der Waals surface area (Å²) in [6, 6.07) is 15.4. The van der Waals surface area contributed by atoms with Gasteiger partial charge in [0.1, 0.15) is 0 Å². The first-order chi connectivity index (χ1) is 11.0. The molecule has 2 aromatic carbocycles. The van der Waals surface area contributed by atoms with Gasteiger partial charge in [-0.1, -0.05) is 30.3 Å². The molecule has 0 saturated heterocycles. The third-order valence-electron chi connectivity index (χ3n) is 3.23. The quantitative estimate of drug-likeness (QED) is 0.836. The number of nitrogens with one attached hydrogen (secondary N) is 1. The van der Waals surface area contributed by atoms with Crippen molar-refractivity contribution in [2.24, 2.45) is 5.73 Å². The average Bonchev–Trinajstić information content (AvgIpc) is 2.55. The zero-order chi connectivity index (χ0) is 16.8. The van der Waals surface area contributed by atoms with Gasteiger partial charge in [-0.05, 0) is 29.8 Å². The minimum atomic E-state index is -0.741. The number of likely N-dealkylation sites (N-methyl/N-ethyl adjacent to an activating group) is 1. The molecule has 0 radical (unpaired) electrons. The van der Waals surface area contributed by atoms with E-state index in [-0.39, 0.29) is 0 Å². The molecule has 0 atom stereocenters. The monoisotopic (exact) mass is 311 g/mol. The van der Waals surface area contributed by atoms with Crippen LogP contribution in [0.2, 0.25) is 0 Å². The first-order valence-corrected chi connectivity index (χ1v) is 6.97. The second-order valence-electron chi connectivity index (χ2n) is 5.04. The summed E-state index contributed by atoms with van der Waals surface area (Å²) < 4.78 is 0. The Hall–Kier alpha value is -3.15. The highest BCUT2D eigenvalue weighted by Crippen LogP contribution is 2.10. The fourth-order valence-electron chi connectivity index (χ4n) is 2.00. The van der Waals surface area contributed by atoms with Crippen LogP contribution in [0.15, 0.2) is 54.6 Å². The van der Waals surface area contributed by atoms with Crippen molar-refractivity contribution >= 4 is 23.4 Å². The number of nitrogens with two attached hydrogens (primary N) is 1. The van der Waals surface area contributed by atoms with Crippen molar-refractivity contribution in [2.45, 2.75) is 6.54 Å². The molecule has 0 aliphatic heterocycles. The smallest absolute Gasteiger partial charge is 0.313 e. The van der Waals surface area contributed by atoms with Crippen LogP contribution in [0.1, 0.15) is 15.9 Å². The number of rotatable bonds is 4. The van der Waals surface area contributed by atoms with Crippen LogP contribution in [-0.2, 0) is 16.1 Å². The fourth-order valence-corrected chi connectivity index (χ4v) is 2.00. The minimum Gasteiger partial charge on any atom is -0.366 e. The molecule has 3 amide bonds. The van der Waals surface area contributed by atoms with E-state index in [0.29, 0.717) is 17.8 Å². The molecule has 2 aromatic rings. The second kappa shape index (κ2) is 7.22. The maximum absolute atomic E-state index is 12.1. The van der Waals surface area contributed by atoms with Crippen molar-refractivity contribution in [2.75, 3.05) is 12.4 Å². The molecule has 6 heteroatoms. The summed E-state index contributed by atoms with van der Waals surface area (Å²) in [6.07, 6.45) is 0. The molecule has 0 bridgehead atoms. The van der Waals surface area contributed by atoms with Gasteiger partial charge in [-0.15, -0.1) is 0 Å². The van der Waals surface area contributed by atoms with E-state index in [1.807, 2.05) is 30.3 Å². The van der Waals surface area contributed by atoms with Gasteiger partial charge in [0.2, 0.25) is 5.91 Å². The Balaban J connectivity index is 1.96. The number of primary amides is 1. The van der Waals surface area contributed by atoms with Crippen molar-refractivity contribution in [3.63, 3.8) is 0 Å². The molecule has 0 saturated carbocycles. The summed E-state index contributed by atoms with van der Waals surface area (Å²) in [5.74, 6) is -1.94. The molecule has 6 nitrogen and oxygen atoms in total. The van der Waals surface area contributed by atoms with Crippen LogP contribution in [0.5, 0.6) is 0 Å². The largest absolute Gasteiger partial charge is 0.366 e. The zero-order valence-corrected chi connectivity index (χ0v) is 12.7. The van der Waals surface area contributed by atoms with Crippen molar-refractivity contribution < 1.29 is 14.4 Å². The highest BCUT2D eigenvalue weighted by atomic mass is 16.2. The summed E-state index contributed by atoms with van der Waals surface area (Å²) in [5.41, 5.74) is 6.82. The van der Waals surface area contributed by atoms with Gasteiger partial charge in [0.25, 0.3) is 0 Å². The number of hydrogen-bond acceptors (Lipinski definition) is 3. The third kappa shape index (κ3) is 4.41. The van der Waals surface area contributed by atoms with Gasteiger partial charge in [0.05, 0.1) is 0 Å². The predicted molar refractivity (Wildman–Crippen MR) is 86.5 cm³/mol. The lowest BCUT2D eigenvalue weighted by Gasteiger charge is -2.16. The topological polar surface area (TPSA) is 92.5 Å². The molecule has 0 aliphatic rings. The van der Waals surface area contributed by atoms with Crippen LogP contribution >= 0.6 is 0 Å². The fraction of sp³-hybridized carbons (Fsp3) is 0.118. The first-order valence-electron chi connectivity index (χ1n) is 6.97. The van der Waals surface area contributed by atoms with Gasteiger partial charge in [-0.3, -0.25) is 14.4 Å². The zero-order valence-electron chi connectivity index (χ0n) is 12.7. The highest BCUT2D eigenvalue weighted by Gasteiger charge is 2.18. The number of nitrogens with zero attached hydrogens (tertiary/aromatic N) is 1. The molecule has 2 rings (SSSR count). The van der Waals surface area contributed by atoms with Crippen LogP contribution in [0.3, 0.4) is 0 Å². The Morgan fingerprint density at radius 1 is 1.00 bits per heavy atom. The third-order valence-corrected chi connectivity index (χ3v) is 3.23. The molecule has 0 aliphatic carbocycles. The molecule has 3 N–H and O–H groups in total. The first kappa shape index (κ1) is 16.2. The summed E-state index contributed by atoms with van der Waals surface area (Å²) >= 11 is 0. The van der Waals surface area contributed by atoms with Gasteiger partial charge in [-0.25, -0.2) is 0 Å². The lowest BCUT2D eigenvalue weighted by molar-refractivity contribution is -0.142. The molecule has 0 spiro atoms. The van der Waals surface area contributed by atoms with E-state index >= 15 is 0 Å². The molecule has 0 fully saturated rings. The van der Waals surface area contributed by atoms with Crippen LogP contribution in [0.25, 0.3) is 0 Å². The van der Waals surface area contributed by atoms with Gasteiger partial charge in [0.15, 0.2) is 0 Å². The molecular weight excluding hydrogens is 294 g/mol. The molecule has 23 heavy (non-hydrogen) atoms. The van der Waals surface area contributed by atoms with Gasteiger partial charge in [0, 0.05) is 24.8 Å². The van der Waals surface area contributed by atoms with Crippen molar-refractivity contribution in [3.8, 4) is 0 Å². The van der Waals surface area contributed by atoms with Crippen molar-refractivity contribution in [1.29, 1.82) is 0 Å². The molecule has 0 heterocycles. The van der Waals surface area contributed by atoms with Crippen molar-refractivity contribution in [3.05, 3.63) is 65.7 Å². The predicted octanol–water partition coefficient (Wildman–Crippen LogP) is 1.38. The van der Waals surface area contributed by atoms with E-state index in [0.717, 1.165) is 5.56 Å². The second-order valence-corrected chi connectivity index (χ2v) is 5.04. The van der Waals surface area contributed by atoms with Gasteiger partial charge < -0.3 is 16.0 Å². The van der Waals surface area contributed by atoms with Crippen LogP contribution in [0, 0.1) is 0 Å². The normalized spacial score (nSPS) is 9.96. The Bertz CT molecular complexity index is 712. The summed E-state index contributed by atoms with van der Waals surface area (Å²) in [7, 11) is 1.56. The molecule has 0 unspecified atom stereocenters. The van der Waals surface area contributed by atoms with E-state index in [9.17, 15) is 14.4 Å². The van der Waals surface area contributed by atoms with E-state index in [2.05, 4.69) is 5.32 Å². The molecular formula is C17H17N3O3. The van der Waals surface area contributed by atoms with Crippen LogP contribution < -0.4 is 11.1 Å². The van der Waals surface area contributed by atoms with E-state index in [4.69, 9.17) is 5.73 Å². The standard InChI is InChI=1S/C17H17N3O3/c1-20(11-12-5-3-2-4-6-12)17(23)16(22)19-14-9-7-13(8-10-14)15(18)21/h2-10H,11H2,1H3,(H2,18,21)(H,19,22). The number of anilines is 1. The number of amides is 3. The minimum absolute atomic E-state index is 0.329. The highest BCUT2D eigenvalue weighted by molar-refractivity contribution is 6.39. The maximum Gasteiger partial charge on any atom is 0.313 e. The SMILES string of the molecule is CN(Cc1ccccc1)C(=O)C(=O)Nc1ccc(C(N)=O)cc1. The van der Waals surface area contributed by atoms with Gasteiger partial charge in [-0.2, -0.15) is 0 Å². The molecule has 118 valence electrons. The Kier molecular flexibility index (Phi) is 5.09. The Morgan fingerprint density at radius 3 is 2.17 bits per heavy atom. The number of hydrogen-bond donors (Lipinski definition) is 2. The summed E-state index contributed by atoms with van der Waals surface area (Å²) in [6.45, 7) is 0.341.